The third kappa shape index (κ3) is 3.91. The normalized spacial score (nSPS) is 10.1. The van der Waals surface area contributed by atoms with Crippen molar-refractivity contribution in [2.45, 2.75) is 13.0 Å². The third-order valence-electron chi connectivity index (χ3n) is 3.21. The minimum Gasteiger partial charge on any atom is -0.465 e. The summed E-state index contributed by atoms with van der Waals surface area (Å²) < 4.78 is 18.2. The molecule has 0 aromatic heterocycles. The fraction of sp³-hybridized carbons (Fsp3) is 0.176. The summed E-state index contributed by atoms with van der Waals surface area (Å²) in [5, 5.41) is 2.68. The van der Waals surface area contributed by atoms with Crippen molar-refractivity contribution in [3.63, 3.8) is 0 Å². The van der Waals surface area contributed by atoms with Crippen molar-refractivity contribution in [3.8, 4) is 0 Å². The predicted molar refractivity (Wildman–Crippen MR) is 79.7 cm³/mol. The summed E-state index contributed by atoms with van der Waals surface area (Å²) in [5.41, 5.74) is 1.38. The molecule has 1 N–H and O–H groups in total. The van der Waals surface area contributed by atoms with Crippen LogP contribution in [0.3, 0.4) is 0 Å². The highest BCUT2D eigenvalue weighted by Crippen LogP contribution is 2.11. The topological polar surface area (TPSA) is 55.4 Å². The van der Waals surface area contributed by atoms with Crippen molar-refractivity contribution in [3.05, 3.63) is 71.0 Å². The van der Waals surface area contributed by atoms with E-state index in [4.69, 9.17) is 4.74 Å². The minimum atomic E-state index is -0.459. The number of hydrogen-bond donors (Lipinski definition) is 1. The minimum absolute atomic E-state index is 0.0485. The molecule has 0 spiro atoms. The van der Waals surface area contributed by atoms with Crippen LogP contribution in [-0.2, 0) is 22.5 Å². The number of esters is 1. The van der Waals surface area contributed by atoms with E-state index in [9.17, 15) is 14.0 Å². The van der Waals surface area contributed by atoms with E-state index in [1.807, 2.05) is 0 Å². The first-order chi connectivity index (χ1) is 10.6. The Bertz CT molecular complexity index is 685. The Morgan fingerprint density at radius 2 is 1.68 bits per heavy atom. The van der Waals surface area contributed by atoms with Crippen molar-refractivity contribution >= 4 is 11.9 Å². The van der Waals surface area contributed by atoms with E-state index in [0.717, 1.165) is 0 Å². The number of methoxy groups -OCH3 is 1. The molecule has 0 fully saturated rings. The van der Waals surface area contributed by atoms with Crippen LogP contribution in [0.4, 0.5) is 4.39 Å². The second-order valence-corrected chi connectivity index (χ2v) is 4.69. The van der Waals surface area contributed by atoms with Gasteiger partial charge in [0.25, 0.3) is 0 Å². The van der Waals surface area contributed by atoms with Crippen LogP contribution < -0.4 is 5.32 Å². The van der Waals surface area contributed by atoms with Gasteiger partial charge in [-0.05, 0) is 23.3 Å². The molecule has 0 aliphatic heterocycles. The van der Waals surface area contributed by atoms with Crippen LogP contribution in [0.25, 0.3) is 0 Å². The SMILES string of the molecule is COC(=O)c1ccccc1CNC(=O)Cc1ccccc1F. The van der Waals surface area contributed by atoms with E-state index >= 15 is 0 Å². The molecule has 1 amide bonds. The van der Waals surface area contributed by atoms with Crippen molar-refractivity contribution in [2.24, 2.45) is 0 Å². The molecule has 0 unspecified atom stereocenters. The Morgan fingerprint density at radius 1 is 1.05 bits per heavy atom. The van der Waals surface area contributed by atoms with Crippen LogP contribution in [0.2, 0.25) is 0 Å². The highest BCUT2D eigenvalue weighted by atomic mass is 19.1. The molecule has 0 saturated heterocycles. The van der Waals surface area contributed by atoms with Gasteiger partial charge in [-0.2, -0.15) is 0 Å². The molecule has 0 aliphatic carbocycles. The summed E-state index contributed by atoms with van der Waals surface area (Å²) in [6.45, 7) is 0.179. The lowest BCUT2D eigenvalue weighted by molar-refractivity contribution is -0.120. The Balaban J connectivity index is 2.00. The Kier molecular flexibility index (Phi) is 5.25. The van der Waals surface area contributed by atoms with E-state index in [1.165, 1.54) is 13.2 Å². The molecule has 2 aromatic rings. The number of nitrogens with one attached hydrogen (secondary N) is 1. The Hall–Kier alpha value is -2.69. The fourth-order valence-corrected chi connectivity index (χ4v) is 2.05. The van der Waals surface area contributed by atoms with E-state index in [-0.39, 0.29) is 18.9 Å². The fourth-order valence-electron chi connectivity index (χ4n) is 2.05. The molecular weight excluding hydrogens is 285 g/mol. The van der Waals surface area contributed by atoms with Crippen LogP contribution in [0.5, 0.6) is 0 Å². The molecule has 22 heavy (non-hydrogen) atoms. The molecule has 114 valence electrons. The predicted octanol–water partition coefficient (Wildman–Crippen LogP) is 2.47. The number of carbonyl (C=O) groups excluding carboxylic acids is 2. The van der Waals surface area contributed by atoms with Crippen LogP contribution >= 0.6 is 0 Å². The van der Waals surface area contributed by atoms with Crippen molar-refractivity contribution < 1.29 is 18.7 Å². The lowest BCUT2D eigenvalue weighted by Gasteiger charge is -2.09. The lowest BCUT2D eigenvalue weighted by atomic mass is 10.1. The maximum absolute atomic E-state index is 13.5. The Labute approximate surface area is 127 Å². The molecule has 2 rings (SSSR count). The number of hydrogen-bond acceptors (Lipinski definition) is 3. The number of ether oxygens (including phenoxy) is 1. The number of benzene rings is 2. The first-order valence-corrected chi connectivity index (χ1v) is 6.78. The Morgan fingerprint density at radius 3 is 2.36 bits per heavy atom. The first kappa shape index (κ1) is 15.7. The van der Waals surface area contributed by atoms with E-state index in [2.05, 4.69) is 5.32 Å². The van der Waals surface area contributed by atoms with Crippen LogP contribution in [0.1, 0.15) is 21.5 Å². The number of carbonyl (C=O) groups is 2. The summed E-state index contributed by atoms with van der Waals surface area (Å²) >= 11 is 0. The van der Waals surface area contributed by atoms with Gasteiger partial charge >= 0.3 is 5.97 Å². The standard InChI is InChI=1S/C17H16FNO3/c1-22-17(21)14-8-4-2-7-13(14)11-19-16(20)10-12-6-3-5-9-15(12)18/h2-9H,10-11H2,1H3,(H,19,20). The lowest BCUT2D eigenvalue weighted by Crippen LogP contribution is -2.26. The molecule has 5 heteroatoms. The van der Waals surface area contributed by atoms with E-state index in [0.29, 0.717) is 16.7 Å². The zero-order valence-electron chi connectivity index (χ0n) is 12.1. The maximum atomic E-state index is 13.5. The zero-order chi connectivity index (χ0) is 15.9. The van der Waals surface area contributed by atoms with E-state index in [1.54, 1.807) is 42.5 Å². The smallest absolute Gasteiger partial charge is 0.338 e. The second-order valence-electron chi connectivity index (χ2n) is 4.69. The summed E-state index contributed by atoms with van der Waals surface area (Å²) in [6.07, 6.45) is -0.0485. The molecule has 0 aliphatic rings. The van der Waals surface area contributed by atoms with Gasteiger partial charge in [-0.3, -0.25) is 4.79 Å². The van der Waals surface area contributed by atoms with Crippen molar-refractivity contribution in [1.82, 2.24) is 5.32 Å². The van der Waals surface area contributed by atoms with Crippen molar-refractivity contribution in [2.75, 3.05) is 7.11 Å². The molecule has 2 aromatic carbocycles. The molecule has 0 saturated carbocycles. The average Bonchev–Trinajstić information content (AvgIpc) is 2.54. The first-order valence-electron chi connectivity index (χ1n) is 6.78. The van der Waals surface area contributed by atoms with Crippen LogP contribution in [0.15, 0.2) is 48.5 Å². The van der Waals surface area contributed by atoms with E-state index < -0.39 is 11.8 Å². The van der Waals surface area contributed by atoms with Gasteiger partial charge in [0.05, 0.1) is 19.1 Å². The van der Waals surface area contributed by atoms with Gasteiger partial charge in [0, 0.05) is 6.54 Å². The quantitative estimate of drug-likeness (QED) is 0.863. The third-order valence-corrected chi connectivity index (χ3v) is 3.21. The van der Waals surface area contributed by atoms with Crippen LogP contribution in [0, 0.1) is 5.82 Å². The van der Waals surface area contributed by atoms with Crippen LogP contribution in [-0.4, -0.2) is 19.0 Å². The largest absolute Gasteiger partial charge is 0.465 e. The molecular formula is C17H16FNO3. The van der Waals surface area contributed by atoms with Gasteiger partial charge < -0.3 is 10.1 Å². The zero-order valence-corrected chi connectivity index (χ0v) is 12.1. The number of amides is 1. The number of rotatable bonds is 5. The molecule has 4 nitrogen and oxygen atoms in total. The summed E-state index contributed by atoms with van der Waals surface area (Å²) in [4.78, 5) is 23.5. The molecule has 0 bridgehead atoms. The maximum Gasteiger partial charge on any atom is 0.338 e. The van der Waals surface area contributed by atoms with Gasteiger partial charge in [-0.1, -0.05) is 36.4 Å². The molecule has 0 atom stereocenters. The average molecular weight is 301 g/mol. The molecule has 0 heterocycles. The van der Waals surface area contributed by atoms with Gasteiger partial charge in [-0.25, -0.2) is 9.18 Å². The summed E-state index contributed by atoms with van der Waals surface area (Å²) in [5.74, 6) is -1.18. The van der Waals surface area contributed by atoms with Gasteiger partial charge in [0.2, 0.25) is 5.91 Å². The summed E-state index contributed by atoms with van der Waals surface area (Å²) in [7, 11) is 1.30. The highest BCUT2D eigenvalue weighted by molar-refractivity contribution is 5.91. The molecule has 0 radical (unpaired) electrons. The van der Waals surface area contributed by atoms with Gasteiger partial charge in [0.1, 0.15) is 5.82 Å². The highest BCUT2D eigenvalue weighted by Gasteiger charge is 2.12. The number of halogens is 1. The van der Waals surface area contributed by atoms with Crippen molar-refractivity contribution in [1.29, 1.82) is 0 Å². The summed E-state index contributed by atoms with van der Waals surface area (Å²) in [6, 6.07) is 13.0. The second kappa shape index (κ2) is 7.36. The van der Waals surface area contributed by atoms with Gasteiger partial charge in [0.15, 0.2) is 0 Å². The monoisotopic (exact) mass is 301 g/mol. The van der Waals surface area contributed by atoms with Gasteiger partial charge in [-0.15, -0.1) is 0 Å².